The zero-order chi connectivity index (χ0) is 11.1. The summed E-state index contributed by atoms with van der Waals surface area (Å²) in [6.45, 7) is 8.92. The molecule has 90 valence electrons. The van der Waals surface area contributed by atoms with Gasteiger partial charge in [-0.1, -0.05) is 6.42 Å². The lowest BCUT2D eigenvalue weighted by Gasteiger charge is -2.33. The number of likely N-dealkylation sites (tertiary alicyclic amines) is 1. The predicted octanol–water partition coefficient (Wildman–Crippen LogP) is 1.49. The molecule has 0 aromatic heterocycles. The third-order valence-corrected chi connectivity index (χ3v) is 3.19. The van der Waals surface area contributed by atoms with Crippen LogP contribution >= 0.6 is 0 Å². The van der Waals surface area contributed by atoms with Crippen LogP contribution < -0.4 is 5.32 Å². The molecule has 3 heteroatoms. The summed E-state index contributed by atoms with van der Waals surface area (Å²) in [6, 6.07) is 1.12. The molecule has 1 saturated heterocycles. The third-order valence-electron chi connectivity index (χ3n) is 3.19. The van der Waals surface area contributed by atoms with E-state index in [1.165, 1.54) is 32.4 Å². The van der Waals surface area contributed by atoms with Crippen molar-refractivity contribution in [1.82, 2.24) is 10.2 Å². The van der Waals surface area contributed by atoms with Crippen molar-refractivity contribution < 1.29 is 4.74 Å². The zero-order valence-corrected chi connectivity index (χ0v) is 10.5. The molecule has 0 aromatic carbocycles. The number of piperidine rings is 1. The number of rotatable bonds is 6. The van der Waals surface area contributed by atoms with Crippen LogP contribution in [0.3, 0.4) is 0 Å². The van der Waals surface area contributed by atoms with Gasteiger partial charge in [0.2, 0.25) is 0 Å². The van der Waals surface area contributed by atoms with Gasteiger partial charge in [0.15, 0.2) is 0 Å². The number of nitrogens with zero attached hydrogens (tertiary/aromatic N) is 1. The maximum Gasteiger partial charge on any atom is 0.0613 e. The molecule has 1 heterocycles. The Bertz CT molecular complexity index is 158. The molecule has 3 nitrogen and oxygen atoms in total. The van der Waals surface area contributed by atoms with Gasteiger partial charge in [-0.05, 0) is 39.8 Å². The van der Waals surface area contributed by atoms with Gasteiger partial charge in [0.25, 0.3) is 0 Å². The van der Waals surface area contributed by atoms with Gasteiger partial charge in [0.1, 0.15) is 0 Å². The maximum absolute atomic E-state index is 5.11. The summed E-state index contributed by atoms with van der Waals surface area (Å²) in [5.74, 6) is 0. The Kier molecular flexibility index (Phi) is 6.22. The third kappa shape index (κ3) is 4.96. The molecule has 1 rings (SSSR count). The van der Waals surface area contributed by atoms with E-state index in [4.69, 9.17) is 4.74 Å². The maximum atomic E-state index is 5.11. The van der Waals surface area contributed by atoms with Crippen molar-refractivity contribution in [2.45, 2.75) is 45.2 Å². The molecule has 1 aliphatic rings. The van der Waals surface area contributed by atoms with E-state index >= 15 is 0 Å². The second-order valence-corrected chi connectivity index (χ2v) is 4.71. The normalized spacial score (nSPS) is 22.6. The van der Waals surface area contributed by atoms with Crippen molar-refractivity contribution in [2.75, 3.05) is 33.4 Å². The highest BCUT2D eigenvalue weighted by molar-refractivity contribution is 4.74. The van der Waals surface area contributed by atoms with Crippen LogP contribution in [0.15, 0.2) is 0 Å². The Hall–Kier alpha value is -0.120. The smallest absolute Gasteiger partial charge is 0.0613 e. The molecule has 0 aromatic rings. The Morgan fingerprint density at radius 3 is 2.47 bits per heavy atom. The van der Waals surface area contributed by atoms with E-state index in [2.05, 4.69) is 24.1 Å². The molecule has 0 spiro atoms. The fourth-order valence-electron chi connectivity index (χ4n) is 2.17. The molecule has 15 heavy (non-hydrogen) atoms. The van der Waals surface area contributed by atoms with Crippen LogP contribution in [0, 0.1) is 0 Å². The van der Waals surface area contributed by atoms with Crippen molar-refractivity contribution in [3.63, 3.8) is 0 Å². The Balaban J connectivity index is 2.13. The summed E-state index contributed by atoms with van der Waals surface area (Å²) in [4.78, 5) is 2.59. The summed E-state index contributed by atoms with van der Waals surface area (Å²) in [6.07, 6.45) is 4.16. The highest BCUT2D eigenvalue weighted by Crippen LogP contribution is 2.11. The average molecular weight is 214 g/mol. The van der Waals surface area contributed by atoms with E-state index in [0.717, 1.165) is 13.2 Å². The fourth-order valence-corrected chi connectivity index (χ4v) is 2.17. The van der Waals surface area contributed by atoms with Crippen LogP contribution in [-0.2, 0) is 4.74 Å². The second-order valence-electron chi connectivity index (χ2n) is 4.71. The summed E-state index contributed by atoms with van der Waals surface area (Å²) < 4.78 is 5.11. The molecule has 2 unspecified atom stereocenters. The molecule has 1 fully saturated rings. The molecule has 0 aliphatic carbocycles. The lowest BCUT2D eigenvalue weighted by atomic mass is 10.1. The minimum atomic E-state index is 0.460. The van der Waals surface area contributed by atoms with Crippen LogP contribution in [0.4, 0.5) is 0 Å². The zero-order valence-electron chi connectivity index (χ0n) is 10.5. The summed E-state index contributed by atoms with van der Waals surface area (Å²) in [5, 5.41) is 3.51. The molecule has 1 N–H and O–H groups in total. The Morgan fingerprint density at radius 1 is 1.20 bits per heavy atom. The minimum Gasteiger partial charge on any atom is -0.383 e. The lowest BCUT2D eigenvalue weighted by Crippen LogP contribution is -2.45. The summed E-state index contributed by atoms with van der Waals surface area (Å²) in [5.41, 5.74) is 0. The monoisotopic (exact) mass is 214 g/mol. The molecule has 1 aliphatic heterocycles. The van der Waals surface area contributed by atoms with E-state index in [0.29, 0.717) is 12.1 Å². The number of nitrogens with one attached hydrogen (secondary N) is 1. The predicted molar refractivity (Wildman–Crippen MR) is 64.2 cm³/mol. The molecule has 0 bridgehead atoms. The highest BCUT2D eigenvalue weighted by Gasteiger charge is 2.16. The molecule has 0 radical (unpaired) electrons. The minimum absolute atomic E-state index is 0.460. The Labute approximate surface area is 94.2 Å². The van der Waals surface area contributed by atoms with Gasteiger partial charge in [-0.2, -0.15) is 0 Å². The first-order chi connectivity index (χ1) is 7.24. The van der Waals surface area contributed by atoms with E-state index < -0.39 is 0 Å². The largest absolute Gasteiger partial charge is 0.383 e. The van der Waals surface area contributed by atoms with Crippen molar-refractivity contribution >= 4 is 0 Å². The SMILES string of the molecule is COCC(C)NCC(C)N1CCCCC1. The van der Waals surface area contributed by atoms with Gasteiger partial charge in [0, 0.05) is 25.7 Å². The quantitative estimate of drug-likeness (QED) is 0.725. The number of hydrogen-bond acceptors (Lipinski definition) is 3. The standard InChI is InChI=1S/C12H26N2O/c1-11(10-15-3)13-9-12(2)14-7-5-4-6-8-14/h11-13H,4-10H2,1-3H3. The van der Waals surface area contributed by atoms with E-state index in [1.54, 1.807) is 7.11 Å². The van der Waals surface area contributed by atoms with Crippen molar-refractivity contribution in [3.8, 4) is 0 Å². The first-order valence-corrected chi connectivity index (χ1v) is 6.20. The topological polar surface area (TPSA) is 24.5 Å². The van der Waals surface area contributed by atoms with Gasteiger partial charge in [-0.3, -0.25) is 4.90 Å². The molecule has 2 atom stereocenters. The van der Waals surface area contributed by atoms with Crippen molar-refractivity contribution in [2.24, 2.45) is 0 Å². The van der Waals surface area contributed by atoms with Gasteiger partial charge in [0.05, 0.1) is 6.61 Å². The van der Waals surface area contributed by atoms with Crippen molar-refractivity contribution in [3.05, 3.63) is 0 Å². The first kappa shape index (κ1) is 12.9. The molecule has 0 saturated carbocycles. The summed E-state index contributed by atoms with van der Waals surface area (Å²) in [7, 11) is 1.76. The van der Waals surface area contributed by atoms with Crippen LogP contribution in [-0.4, -0.2) is 50.3 Å². The Morgan fingerprint density at radius 2 is 1.87 bits per heavy atom. The van der Waals surface area contributed by atoms with Gasteiger partial charge >= 0.3 is 0 Å². The van der Waals surface area contributed by atoms with Gasteiger partial charge < -0.3 is 10.1 Å². The highest BCUT2D eigenvalue weighted by atomic mass is 16.5. The van der Waals surface area contributed by atoms with Crippen LogP contribution in [0.2, 0.25) is 0 Å². The fraction of sp³-hybridized carbons (Fsp3) is 1.00. The van der Waals surface area contributed by atoms with E-state index in [1.807, 2.05) is 0 Å². The van der Waals surface area contributed by atoms with Crippen LogP contribution in [0.5, 0.6) is 0 Å². The van der Waals surface area contributed by atoms with Gasteiger partial charge in [-0.15, -0.1) is 0 Å². The molecule has 0 amide bonds. The summed E-state index contributed by atoms with van der Waals surface area (Å²) >= 11 is 0. The van der Waals surface area contributed by atoms with Gasteiger partial charge in [-0.25, -0.2) is 0 Å². The van der Waals surface area contributed by atoms with Crippen molar-refractivity contribution in [1.29, 1.82) is 0 Å². The number of ether oxygens (including phenoxy) is 1. The molecular formula is C12H26N2O. The first-order valence-electron chi connectivity index (χ1n) is 6.20. The van der Waals surface area contributed by atoms with Crippen LogP contribution in [0.1, 0.15) is 33.1 Å². The van der Waals surface area contributed by atoms with Crippen LogP contribution in [0.25, 0.3) is 0 Å². The average Bonchev–Trinajstić information content (AvgIpc) is 2.27. The second kappa shape index (κ2) is 7.20. The lowest BCUT2D eigenvalue weighted by molar-refractivity contribution is 0.148. The number of methoxy groups -OCH3 is 1. The molecular weight excluding hydrogens is 188 g/mol. The number of hydrogen-bond donors (Lipinski definition) is 1. The van der Waals surface area contributed by atoms with E-state index in [-0.39, 0.29) is 0 Å². The van der Waals surface area contributed by atoms with E-state index in [9.17, 15) is 0 Å².